The third kappa shape index (κ3) is 3.91. The fraction of sp³-hybridized carbons (Fsp3) is 0.500. The van der Waals surface area contributed by atoms with Gasteiger partial charge in [0.25, 0.3) is 0 Å². The molecule has 0 spiro atoms. The van der Waals surface area contributed by atoms with Crippen LogP contribution < -0.4 is 5.32 Å². The highest BCUT2D eigenvalue weighted by molar-refractivity contribution is 6.30. The molecule has 8 heteroatoms. The SMILES string of the molecule is Cc1ncc(CNC(=O)Cn2cc(Cl)cn2)c([C@H]2CCCN2C)n1. The maximum atomic E-state index is 12.1. The minimum Gasteiger partial charge on any atom is -0.350 e. The number of amides is 1. The van der Waals surface area contributed by atoms with Gasteiger partial charge in [0.2, 0.25) is 5.91 Å². The molecular formula is C16H21ClN6O. The molecule has 2 aromatic heterocycles. The molecule has 1 fully saturated rings. The fourth-order valence-corrected chi connectivity index (χ4v) is 3.17. The highest BCUT2D eigenvalue weighted by Gasteiger charge is 2.26. The molecule has 0 aliphatic carbocycles. The second-order valence-corrected chi connectivity index (χ2v) is 6.54. The Labute approximate surface area is 146 Å². The van der Waals surface area contributed by atoms with Crippen molar-refractivity contribution in [2.24, 2.45) is 0 Å². The highest BCUT2D eigenvalue weighted by atomic mass is 35.5. The van der Waals surface area contributed by atoms with Gasteiger partial charge in [0, 0.05) is 24.5 Å². The summed E-state index contributed by atoms with van der Waals surface area (Å²) in [7, 11) is 2.11. The van der Waals surface area contributed by atoms with Gasteiger partial charge in [-0.2, -0.15) is 5.10 Å². The molecule has 3 heterocycles. The summed E-state index contributed by atoms with van der Waals surface area (Å²) in [6.45, 7) is 3.51. The van der Waals surface area contributed by atoms with E-state index in [1.165, 1.54) is 10.9 Å². The van der Waals surface area contributed by atoms with Gasteiger partial charge < -0.3 is 5.32 Å². The summed E-state index contributed by atoms with van der Waals surface area (Å²) in [6, 6.07) is 0.295. The van der Waals surface area contributed by atoms with Crippen molar-refractivity contribution in [2.45, 2.75) is 38.9 Å². The second kappa shape index (κ2) is 7.27. The first-order valence-electron chi connectivity index (χ1n) is 8.00. The van der Waals surface area contributed by atoms with E-state index in [1.54, 1.807) is 6.20 Å². The average molecular weight is 349 g/mol. The van der Waals surface area contributed by atoms with Crippen LogP contribution >= 0.6 is 11.6 Å². The minimum atomic E-state index is -0.124. The van der Waals surface area contributed by atoms with Gasteiger partial charge in [0.1, 0.15) is 12.4 Å². The molecule has 1 aliphatic rings. The monoisotopic (exact) mass is 348 g/mol. The quantitative estimate of drug-likeness (QED) is 0.890. The van der Waals surface area contributed by atoms with Crippen molar-refractivity contribution >= 4 is 17.5 Å². The first-order chi connectivity index (χ1) is 11.5. The molecule has 0 radical (unpaired) electrons. The molecule has 7 nitrogen and oxygen atoms in total. The number of hydrogen-bond acceptors (Lipinski definition) is 5. The van der Waals surface area contributed by atoms with Crippen molar-refractivity contribution in [1.29, 1.82) is 0 Å². The molecule has 0 aromatic carbocycles. The zero-order valence-corrected chi connectivity index (χ0v) is 14.6. The van der Waals surface area contributed by atoms with E-state index in [-0.39, 0.29) is 12.5 Å². The van der Waals surface area contributed by atoms with Crippen LogP contribution in [0.25, 0.3) is 0 Å². The van der Waals surface area contributed by atoms with E-state index in [0.717, 1.165) is 36.5 Å². The summed E-state index contributed by atoms with van der Waals surface area (Å²) in [5.41, 5.74) is 1.98. The lowest BCUT2D eigenvalue weighted by Gasteiger charge is -2.21. The number of rotatable bonds is 5. The zero-order chi connectivity index (χ0) is 17.1. The van der Waals surface area contributed by atoms with Crippen molar-refractivity contribution in [2.75, 3.05) is 13.6 Å². The second-order valence-electron chi connectivity index (χ2n) is 6.10. The third-order valence-corrected chi connectivity index (χ3v) is 4.43. The van der Waals surface area contributed by atoms with E-state index in [0.29, 0.717) is 17.6 Å². The smallest absolute Gasteiger partial charge is 0.242 e. The van der Waals surface area contributed by atoms with Gasteiger partial charge in [-0.05, 0) is 33.4 Å². The lowest BCUT2D eigenvalue weighted by Crippen LogP contribution is -2.29. The number of nitrogens with one attached hydrogen (secondary N) is 1. The van der Waals surface area contributed by atoms with Crippen LogP contribution in [0.3, 0.4) is 0 Å². The van der Waals surface area contributed by atoms with Crippen LogP contribution in [-0.2, 0) is 17.9 Å². The van der Waals surface area contributed by atoms with Gasteiger partial charge in [-0.3, -0.25) is 14.4 Å². The van der Waals surface area contributed by atoms with Crippen molar-refractivity contribution in [1.82, 2.24) is 30.0 Å². The predicted octanol–water partition coefficient (Wildman–Crippen LogP) is 1.72. The van der Waals surface area contributed by atoms with Crippen molar-refractivity contribution in [3.63, 3.8) is 0 Å². The summed E-state index contributed by atoms with van der Waals surface area (Å²) < 4.78 is 1.51. The standard InChI is InChI=1S/C16H21ClN6O/c1-11-18-6-12(16(21-11)14-4-3-5-22(14)2)7-19-15(24)10-23-9-13(17)8-20-23/h6,8-9,14H,3-5,7,10H2,1-2H3,(H,19,24)/t14-/m1/s1. The Bertz CT molecular complexity index is 731. The number of aryl methyl sites for hydroxylation is 1. The van der Waals surface area contributed by atoms with Crippen LogP contribution in [-0.4, -0.2) is 44.1 Å². The van der Waals surface area contributed by atoms with Crippen LogP contribution in [0, 0.1) is 6.92 Å². The predicted molar refractivity (Wildman–Crippen MR) is 90.5 cm³/mol. The lowest BCUT2D eigenvalue weighted by molar-refractivity contribution is -0.122. The number of nitrogens with zero attached hydrogens (tertiary/aromatic N) is 5. The molecule has 24 heavy (non-hydrogen) atoms. The molecule has 1 saturated heterocycles. The summed E-state index contributed by atoms with van der Waals surface area (Å²) in [5.74, 6) is 0.632. The van der Waals surface area contributed by atoms with Crippen molar-refractivity contribution < 1.29 is 4.79 Å². The molecule has 1 amide bonds. The van der Waals surface area contributed by atoms with E-state index in [2.05, 4.69) is 32.3 Å². The average Bonchev–Trinajstić information content (AvgIpc) is 3.14. The Kier molecular flexibility index (Phi) is 5.11. The lowest BCUT2D eigenvalue weighted by atomic mass is 10.1. The minimum absolute atomic E-state index is 0.124. The molecule has 0 unspecified atom stereocenters. The molecule has 0 bridgehead atoms. The molecule has 2 aromatic rings. The maximum absolute atomic E-state index is 12.1. The van der Waals surface area contributed by atoms with E-state index in [4.69, 9.17) is 11.6 Å². The molecular weight excluding hydrogens is 328 g/mol. The third-order valence-electron chi connectivity index (χ3n) is 4.24. The summed E-state index contributed by atoms with van der Waals surface area (Å²) in [5, 5.41) is 7.43. The largest absolute Gasteiger partial charge is 0.350 e. The number of carbonyl (C=O) groups is 1. The molecule has 3 rings (SSSR count). The summed E-state index contributed by atoms with van der Waals surface area (Å²) >= 11 is 5.80. The molecule has 1 aliphatic heterocycles. The van der Waals surface area contributed by atoms with Gasteiger partial charge in [-0.15, -0.1) is 0 Å². The van der Waals surface area contributed by atoms with Gasteiger partial charge in [0.15, 0.2) is 0 Å². The number of likely N-dealkylation sites (tertiary alicyclic amines) is 1. The summed E-state index contributed by atoms with van der Waals surface area (Å²) in [4.78, 5) is 23.3. The Balaban J connectivity index is 1.67. The number of aromatic nitrogens is 4. The van der Waals surface area contributed by atoms with Gasteiger partial charge in [-0.1, -0.05) is 11.6 Å². The van der Waals surface area contributed by atoms with E-state index in [9.17, 15) is 4.79 Å². The van der Waals surface area contributed by atoms with Gasteiger partial charge in [0.05, 0.1) is 23.0 Å². The molecule has 128 valence electrons. The zero-order valence-electron chi connectivity index (χ0n) is 13.9. The first kappa shape index (κ1) is 16.9. The number of hydrogen-bond donors (Lipinski definition) is 1. The molecule has 1 atom stereocenters. The fourth-order valence-electron chi connectivity index (χ4n) is 3.01. The maximum Gasteiger partial charge on any atom is 0.242 e. The Morgan fingerprint density at radius 3 is 2.96 bits per heavy atom. The van der Waals surface area contributed by atoms with Crippen molar-refractivity contribution in [3.05, 3.63) is 40.7 Å². The van der Waals surface area contributed by atoms with Crippen LogP contribution in [0.5, 0.6) is 0 Å². The summed E-state index contributed by atoms with van der Waals surface area (Å²) in [6.07, 6.45) is 7.19. The Morgan fingerprint density at radius 2 is 2.29 bits per heavy atom. The van der Waals surface area contributed by atoms with Gasteiger partial charge >= 0.3 is 0 Å². The van der Waals surface area contributed by atoms with Crippen LogP contribution in [0.2, 0.25) is 5.02 Å². The van der Waals surface area contributed by atoms with Gasteiger partial charge in [-0.25, -0.2) is 9.97 Å². The number of carbonyl (C=O) groups excluding carboxylic acids is 1. The van der Waals surface area contributed by atoms with E-state index < -0.39 is 0 Å². The Morgan fingerprint density at radius 1 is 1.46 bits per heavy atom. The van der Waals surface area contributed by atoms with E-state index >= 15 is 0 Å². The van der Waals surface area contributed by atoms with Crippen molar-refractivity contribution in [3.8, 4) is 0 Å². The first-order valence-corrected chi connectivity index (χ1v) is 8.38. The molecule has 0 saturated carbocycles. The number of halogens is 1. The van der Waals surface area contributed by atoms with Crippen LogP contribution in [0.1, 0.15) is 36.0 Å². The highest BCUT2D eigenvalue weighted by Crippen LogP contribution is 2.30. The van der Waals surface area contributed by atoms with E-state index in [1.807, 2.05) is 13.1 Å². The Hall–Kier alpha value is -1.99. The van der Waals surface area contributed by atoms with Crippen LogP contribution in [0.4, 0.5) is 0 Å². The van der Waals surface area contributed by atoms with Crippen LogP contribution in [0.15, 0.2) is 18.6 Å². The molecule has 1 N–H and O–H groups in total. The normalized spacial score (nSPS) is 18.0. The topological polar surface area (TPSA) is 75.9 Å².